The van der Waals surface area contributed by atoms with Gasteiger partial charge in [0.15, 0.2) is 0 Å². The highest BCUT2D eigenvalue weighted by atomic mass is 19.1. The van der Waals surface area contributed by atoms with Gasteiger partial charge in [-0.15, -0.1) is 0 Å². The number of hydrogen-bond donors (Lipinski definition) is 0. The van der Waals surface area contributed by atoms with Gasteiger partial charge in [0.1, 0.15) is 17.9 Å². The highest BCUT2D eigenvalue weighted by molar-refractivity contribution is 5.78. The molecule has 1 aromatic heterocycles. The maximum atomic E-state index is 14.3. The topological polar surface area (TPSA) is 34.9 Å². The van der Waals surface area contributed by atoms with Crippen LogP contribution in [-0.2, 0) is 4.79 Å². The van der Waals surface area contributed by atoms with Crippen molar-refractivity contribution in [2.24, 2.45) is 5.41 Å². The van der Waals surface area contributed by atoms with Gasteiger partial charge in [0.05, 0.1) is 11.6 Å². The molecule has 1 atom stereocenters. The lowest BCUT2D eigenvalue weighted by molar-refractivity contribution is -0.116. The molecule has 0 saturated carbocycles. The summed E-state index contributed by atoms with van der Waals surface area (Å²) < 4.78 is 29.5. The van der Waals surface area contributed by atoms with E-state index in [-0.39, 0.29) is 5.56 Å². The molecule has 1 unspecified atom stereocenters. The standard InChI is InChI=1S/C18H16F2N2O/c1-18(2,11-23)17(14-9-13(19)7-8-15(14)20)22-10-12-5-3-4-6-16(12)21-22/h3-11,17H,1-2H3. The van der Waals surface area contributed by atoms with Crippen molar-refractivity contribution < 1.29 is 13.6 Å². The minimum atomic E-state index is -0.962. The zero-order valence-electron chi connectivity index (χ0n) is 12.8. The van der Waals surface area contributed by atoms with Crippen molar-refractivity contribution in [2.75, 3.05) is 0 Å². The summed E-state index contributed by atoms with van der Waals surface area (Å²) in [6.07, 6.45) is 2.49. The van der Waals surface area contributed by atoms with Crippen LogP contribution in [0.2, 0.25) is 0 Å². The molecular formula is C18H16F2N2O. The smallest absolute Gasteiger partial charge is 0.128 e. The number of fused-ring (bicyclic) bond motifs is 1. The number of nitrogens with zero attached hydrogens (tertiary/aromatic N) is 2. The molecule has 1 heterocycles. The van der Waals surface area contributed by atoms with Gasteiger partial charge in [-0.1, -0.05) is 32.0 Å². The summed E-state index contributed by atoms with van der Waals surface area (Å²) in [7, 11) is 0. The molecule has 3 rings (SSSR count). The molecule has 0 amide bonds. The third-order valence-corrected chi connectivity index (χ3v) is 3.96. The quantitative estimate of drug-likeness (QED) is 0.679. The number of carbonyl (C=O) groups is 1. The molecule has 0 N–H and O–H groups in total. The Balaban J connectivity index is 2.24. The van der Waals surface area contributed by atoms with Crippen LogP contribution < -0.4 is 0 Å². The van der Waals surface area contributed by atoms with E-state index in [4.69, 9.17) is 0 Å². The number of rotatable bonds is 4. The molecule has 3 aromatic rings. The van der Waals surface area contributed by atoms with Crippen LogP contribution in [0.15, 0.2) is 48.7 Å². The van der Waals surface area contributed by atoms with Crippen LogP contribution in [0.4, 0.5) is 8.78 Å². The highest BCUT2D eigenvalue weighted by Gasteiger charge is 2.35. The predicted octanol–water partition coefficient (Wildman–Crippen LogP) is 4.13. The Labute approximate surface area is 132 Å². The van der Waals surface area contributed by atoms with Crippen LogP contribution in [0.3, 0.4) is 0 Å². The lowest BCUT2D eigenvalue weighted by Gasteiger charge is -2.30. The van der Waals surface area contributed by atoms with Gasteiger partial charge in [-0.05, 0) is 24.3 Å². The fourth-order valence-electron chi connectivity index (χ4n) is 2.79. The molecule has 118 valence electrons. The number of carbonyl (C=O) groups excluding carboxylic acids is 1. The van der Waals surface area contributed by atoms with E-state index in [9.17, 15) is 13.6 Å². The summed E-state index contributed by atoms with van der Waals surface area (Å²) in [5, 5.41) is 5.31. The van der Waals surface area contributed by atoms with Crippen molar-refractivity contribution in [3.8, 4) is 0 Å². The number of hydrogen-bond acceptors (Lipinski definition) is 2. The minimum Gasteiger partial charge on any atom is -0.303 e. The number of halogens is 2. The van der Waals surface area contributed by atoms with E-state index in [2.05, 4.69) is 5.10 Å². The third kappa shape index (κ3) is 2.74. The second-order valence-corrected chi connectivity index (χ2v) is 6.18. The molecule has 3 nitrogen and oxygen atoms in total. The first-order valence-corrected chi connectivity index (χ1v) is 7.27. The first-order valence-electron chi connectivity index (χ1n) is 7.27. The summed E-state index contributed by atoms with van der Waals surface area (Å²) in [6.45, 7) is 3.36. The summed E-state index contributed by atoms with van der Waals surface area (Å²) in [6, 6.07) is 9.94. The van der Waals surface area contributed by atoms with Crippen molar-refractivity contribution >= 4 is 17.2 Å². The molecule has 0 aliphatic carbocycles. The SMILES string of the molecule is CC(C)(C=O)C(c1cc(F)ccc1F)n1cc2ccccc2n1. The molecule has 0 saturated heterocycles. The summed E-state index contributed by atoms with van der Waals surface area (Å²) in [4.78, 5) is 11.6. The van der Waals surface area contributed by atoms with E-state index in [1.54, 1.807) is 20.0 Å². The Bertz CT molecular complexity index is 837. The van der Waals surface area contributed by atoms with Crippen molar-refractivity contribution in [2.45, 2.75) is 19.9 Å². The van der Waals surface area contributed by atoms with Gasteiger partial charge in [-0.25, -0.2) is 8.78 Å². The second kappa shape index (κ2) is 5.57. The predicted molar refractivity (Wildman–Crippen MR) is 84.1 cm³/mol. The average molecular weight is 314 g/mol. The Hall–Kier alpha value is -2.56. The summed E-state index contributed by atoms with van der Waals surface area (Å²) in [5.41, 5.74) is -0.123. The van der Waals surface area contributed by atoms with Crippen LogP contribution in [0.5, 0.6) is 0 Å². The fourth-order valence-corrected chi connectivity index (χ4v) is 2.79. The lowest BCUT2D eigenvalue weighted by atomic mass is 9.81. The molecule has 5 heteroatoms. The zero-order chi connectivity index (χ0) is 16.6. The number of benzene rings is 2. The fraction of sp³-hybridized carbons (Fsp3) is 0.222. The van der Waals surface area contributed by atoms with E-state index < -0.39 is 23.1 Å². The van der Waals surface area contributed by atoms with Crippen LogP contribution >= 0.6 is 0 Å². The second-order valence-electron chi connectivity index (χ2n) is 6.18. The van der Waals surface area contributed by atoms with Crippen molar-refractivity contribution in [1.29, 1.82) is 0 Å². The maximum Gasteiger partial charge on any atom is 0.128 e. The molecule has 0 spiro atoms. The first-order chi connectivity index (χ1) is 10.9. The summed E-state index contributed by atoms with van der Waals surface area (Å²) >= 11 is 0. The number of aromatic nitrogens is 2. The van der Waals surface area contributed by atoms with Gasteiger partial charge in [0.2, 0.25) is 0 Å². The monoisotopic (exact) mass is 314 g/mol. The van der Waals surface area contributed by atoms with E-state index >= 15 is 0 Å². The van der Waals surface area contributed by atoms with Crippen LogP contribution in [0.1, 0.15) is 25.5 Å². The van der Waals surface area contributed by atoms with Gasteiger partial charge in [0.25, 0.3) is 0 Å². The Morgan fingerprint density at radius 3 is 2.61 bits per heavy atom. The van der Waals surface area contributed by atoms with Crippen LogP contribution in [0, 0.1) is 17.0 Å². The van der Waals surface area contributed by atoms with Gasteiger partial charge in [0, 0.05) is 22.6 Å². The first kappa shape index (κ1) is 15.3. The van der Waals surface area contributed by atoms with Crippen molar-refractivity contribution in [3.05, 3.63) is 65.9 Å². The average Bonchev–Trinajstić information content (AvgIpc) is 2.94. The van der Waals surface area contributed by atoms with Crippen molar-refractivity contribution in [3.63, 3.8) is 0 Å². The summed E-state index contributed by atoms with van der Waals surface area (Å²) in [5.74, 6) is -1.12. The zero-order valence-corrected chi connectivity index (χ0v) is 12.8. The largest absolute Gasteiger partial charge is 0.303 e. The Kier molecular flexibility index (Phi) is 3.72. The molecule has 23 heavy (non-hydrogen) atoms. The molecule has 2 aromatic carbocycles. The normalized spacial score (nSPS) is 13.2. The molecular weight excluding hydrogens is 298 g/mol. The van der Waals surface area contributed by atoms with Crippen LogP contribution in [0.25, 0.3) is 10.9 Å². The third-order valence-electron chi connectivity index (χ3n) is 3.96. The Morgan fingerprint density at radius 1 is 1.17 bits per heavy atom. The van der Waals surface area contributed by atoms with E-state index in [0.29, 0.717) is 0 Å². The van der Waals surface area contributed by atoms with Crippen LogP contribution in [-0.4, -0.2) is 16.1 Å². The molecule has 0 bridgehead atoms. The molecule has 0 aliphatic rings. The van der Waals surface area contributed by atoms with E-state index in [0.717, 1.165) is 35.4 Å². The van der Waals surface area contributed by atoms with E-state index in [1.165, 1.54) is 4.68 Å². The van der Waals surface area contributed by atoms with Gasteiger partial charge in [-0.2, -0.15) is 5.10 Å². The minimum absolute atomic E-state index is 0.106. The van der Waals surface area contributed by atoms with Gasteiger partial charge in [-0.3, -0.25) is 4.68 Å². The molecule has 0 aliphatic heterocycles. The molecule has 0 fully saturated rings. The maximum absolute atomic E-state index is 14.3. The van der Waals surface area contributed by atoms with Crippen molar-refractivity contribution in [1.82, 2.24) is 9.78 Å². The Morgan fingerprint density at radius 2 is 1.91 bits per heavy atom. The molecule has 0 radical (unpaired) electrons. The van der Waals surface area contributed by atoms with Gasteiger partial charge < -0.3 is 4.79 Å². The van der Waals surface area contributed by atoms with E-state index in [1.807, 2.05) is 24.3 Å². The van der Waals surface area contributed by atoms with Gasteiger partial charge >= 0.3 is 0 Å². The number of aldehydes is 1. The highest BCUT2D eigenvalue weighted by Crippen LogP contribution is 2.37. The lowest BCUT2D eigenvalue weighted by Crippen LogP contribution is -2.31.